The Morgan fingerprint density at radius 3 is 2.95 bits per heavy atom. The molecule has 4 nitrogen and oxygen atoms in total. The van der Waals surface area contributed by atoms with Gasteiger partial charge in [0.1, 0.15) is 0 Å². The summed E-state index contributed by atoms with van der Waals surface area (Å²) in [6.07, 6.45) is 6.92. The first-order valence-electron chi connectivity index (χ1n) is 7.27. The van der Waals surface area contributed by atoms with Gasteiger partial charge in [-0.3, -0.25) is 4.79 Å². The van der Waals surface area contributed by atoms with E-state index in [1.165, 1.54) is 17.1 Å². The van der Waals surface area contributed by atoms with Gasteiger partial charge in [-0.2, -0.15) is 9.36 Å². The van der Waals surface area contributed by atoms with Gasteiger partial charge in [-0.25, -0.2) is 0 Å². The van der Waals surface area contributed by atoms with E-state index in [4.69, 9.17) is 0 Å². The monoisotopic (exact) mass is 331 g/mol. The molecule has 6 heteroatoms. The van der Waals surface area contributed by atoms with E-state index in [1.54, 1.807) is 11.8 Å². The largest absolute Gasteiger partial charge is 0.300 e. The Morgan fingerprint density at radius 1 is 1.32 bits per heavy atom. The van der Waals surface area contributed by atoms with Crippen molar-refractivity contribution in [2.24, 2.45) is 5.92 Å². The van der Waals surface area contributed by atoms with Gasteiger partial charge in [0.2, 0.25) is 16.2 Å². The summed E-state index contributed by atoms with van der Waals surface area (Å²) in [5, 5.41) is 4.20. The lowest BCUT2D eigenvalue weighted by atomic mass is 9.94. The molecule has 1 N–H and O–H groups in total. The van der Waals surface area contributed by atoms with E-state index in [0.717, 1.165) is 25.0 Å². The maximum atomic E-state index is 12.1. The zero-order valence-corrected chi connectivity index (χ0v) is 13.7. The van der Waals surface area contributed by atoms with Crippen LogP contribution in [0.15, 0.2) is 47.6 Å². The molecule has 114 valence electrons. The highest BCUT2D eigenvalue weighted by Crippen LogP contribution is 2.25. The number of hydrogen-bond donors (Lipinski definition) is 1. The second kappa shape index (κ2) is 7.56. The van der Waals surface area contributed by atoms with Gasteiger partial charge < -0.3 is 5.32 Å². The summed E-state index contributed by atoms with van der Waals surface area (Å²) in [6, 6.07) is 10.2. The van der Waals surface area contributed by atoms with Gasteiger partial charge in [0.25, 0.3) is 0 Å². The Labute approximate surface area is 138 Å². The predicted octanol–water partition coefficient (Wildman–Crippen LogP) is 4.13. The number of rotatable bonds is 5. The quantitative estimate of drug-likeness (QED) is 0.661. The molecule has 0 unspecified atom stereocenters. The van der Waals surface area contributed by atoms with Gasteiger partial charge in [0.15, 0.2) is 0 Å². The van der Waals surface area contributed by atoms with Crippen LogP contribution in [0.2, 0.25) is 0 Å². The second-order valence-corrected chi connectivity index (χ2v) is 6.82. The van der Waals surface area contributed by atoms with E-state index in [9.17, 15) is 4.79 Å². The van der Waals surface area contributed by atoms with Crippen molar-refractivity contribution >= 4 is 34.3 Å². The molecule has 0 saturated heterocycles. The zero-order chi connectivity index (χ0) is 15.2. The molecule has 1 aliphatic rings. The van der Waals surface area contributed by atoms with Gasteiger partial charge in [0, 0.05) is 23.2 Å². The molecule has 0 aliphatic heterocycles. The number of amides is 1. The van der Waals surface area contributed by atoms with Crippen molar-refractivity contribution in [3.05, 3.63) is 48.0 Å². The molecule has 0 radical (unpaired) electrons. The fourth-order valence-electron chi connectivity index (χ4n) is 2.28. The van der Waals surface area contributed by atoms with Gasteiger partial charge in [-0.05, 0) is 24.8 Å². The molecule has 0 bridgehead atoms. The Morgan fingerprint density at radius 2 is 2.18 bits per heavy atom. The van der Waals surface area contributed by atoms with Crippen LogP contribution in [0.1, 0.15) is 24.8 Å². The van der Waals surface area contributed by atoms with E-state index < -0.39 is 0 Å². The summed E-state index contributed by atoms with van der Waals surface area (Å²) in [6.45, 7) is 0. The van der Waals surface area contributed by atoms with Crippen LogP contribution in [0.5, 0.6) is 0 Å². The van der Waals surface area contributed by atoms with Crippen LogP contribution in [0.25, 0.3) is 0 Å². The zero-order valence-electron chi connectivity index (χ0n) is 12.1. The van der Waals surface area contributed by atoms with Crippen LogP contribution >= 0.6 is 23.3 Å². The minimum absolute atomic E-state index is 0.0557. The van der Waals surface area contributed by atoms with Crippen LogP contribution in [-0.2, 0) is 10.5 Å². The molecule has 0 spiro atoms. The molecule has 1 heterocycles. The molecule has 0 saturated carbocycles. The number of nitrogens with zero attached hydrogens (tertiary/aromatic N) is 2. The Balaban J connectivity index is 1.52. The van der Waals surface area contributed by atoms with E-state index in [2.05, 4.69) is 39.0 Å². The first-order valence-corrected chi connectivity index (χ1v) is 9.03. The lowest BCUT2D eigenvalue weighted by Crippen LogP contribution is -2.23. The maximum absolute atomic E-state index is 12.1. The minimum atomic E-state index is 0.0557. The number of aromatic nitrogens is 2. The molecular formula is C16H17N3OS2. The molecule has 1 amide bonds. The van der Waals surface area contributed by atoms with Crippen molar-refractivity contribution in [1.29, 1.82) is 0 Å². The van der Waals surface area contributed by atoms with E-state index >= 15 is 0 Å². The SMILES string of the molecule is O=C(Nc1nc(SCc2ccccc2)ns1)[C@@H]1CC=CCC1. The highest BCUT2D eigenvalue weighted by atomic mass is 32.2. The number of allylic oxidation sites excluding steroid dienone is 2. The van der Waals surface area contributed by atoms with Gasteiger partial charge in [-0.1, -0.05) is 54.2 Å². The number of nitrogens with one attached hydrogen (secondary N) is 1. The molecule has 22 heavy (non-hydrogen) atoms. The Hall–Kier alpha value is -1.66. The van der Waals surface area contributed by atoms with E-state index in [1.807, 2.05) is 18.2 Å². The van der Waals surface area contributed by atoms with Gasteiger partial charge >= 0.3 is 0 Å². The molecule has 1 aromatic heterocycles. The average molecular weight is 331 g/mol. The third-order valence-corrected chi connectivity index (χ3v) is 5.15. The smallest absolute Gasteiger partial charge is 0.229 e. The van der Waals surface area contributed by atoms with Crippen molar-refractivity contribution in [3.8, 4) is 0 Å². The second-order valence-electron chi connectivity index (χ2n) is 5.13. The van der Waals surface area contributed by atoms with Gasteiger partial charge in [0.05, 0.1) is 0 Å². The highest BCUT2D eigenvalue weighted by molar-refractivity contribution is 7.98. The molecule has 2 aromatic rings. The minimum Gasteiger partial charge on any atom is -0.300 e. The summed E-state index contributed by atoms with van der Waals surface area (Å²) >= 11 is 2.83. The summed E-state index contributed by atoms with van der Waals surface area (Å²) in [5.74, 6) is 0.952. The van der Waals surface area contributed by atoms with Crippen LogP contribution < -0.4 is 5.32 Å². The third-order valence-electron chi connectivity index (χ3n) is 3.49. The topological polar surface area (TPSA) is 54.9 Å². The lowest BCUT2D eigenvalue weighted by molar-refractivity contribution is -0.120. The van der Waals surface area contributed by atoms with Crippen molar-refractivity contribution in [3.63, 3.8) is 0 Å². The molecule has 1 aromatic carbocycles. The molecule has 1 aliphatic carbocycles. The maximum Gasteiger partial charge on any atom is 0.229 e. The summed E-state index contributed by atoms with van der Waals surface area (Å²) in [4.78, 5) is 16.5. The third kappa shape index (κ3) is 4.18. The van der Waals surface area contributed by atoms with E-state index in [0.29, 0.717) is 10.3 Å². The van der Waals surface area contributed by atoms with Crippen LogP contribution in [0, 0.1) is 5.92 Å². The Bertz CT molecular complexity index is 654. The Kier molecular flexibility index (Phi) is 5.24. The fourth-order valence-corrected chi connectivity index (χ4v) is 3.78. The predicted molar refractivity (Wildman–Crippen MR) is 91.0 cm³/mol. The van der Waals surface area contributed by atoms with E-state index in [-0.39, 0.29) is 11.8 Å². The number of hydrogen-bond acceptors (Lipinski definition) is 5. The van der Waals surface area contributed by atoms with Crippen molar-refractivity contribution < 1.29 is 4.79 Å². The van der Waals surface area contributed by atoms with Crippen molar-refractivity contribution in [2.75, 3.05) is 5.32 Å². The molecule has 0 fully saturated rings. The van der Waals surface area contributed by atoms with Crippen molar-refractivity contribution in [2.45, 2.75) is 30.2 Å². The number of anilines is 1. The normalized spacial score (nSPS) is 17.4. The van der Waals surface area contributed by atoms with Crippen LogP contribution in [-0.4, -0.2) is 15.3 Å². The summed E-state index contributed by atoms with van der Waals surface area (Å²) in [5.41, 5.74) is 1.24. The number of carbonyl (C=O) groups is 1. The highest BCUT2D eigenvalue weighted by Gasteiger charge is 2.20. The van der Waals surface area contributed by atoms with Crippen LogP contribution in [0.3, 0.4) is 0 Å². The molecule has 3 rings (SSSR count). The molecule has 1 atom stereocenters. The standard InChI is InChI=1S/C16H17N3OS2/c20-14(13-9-5-2-6-10-13)17-15-18-16(19-22-15)21-11-12-7-3-1-4-8-12/h1-5,7-8,13H,6,9-11H2,(H,17,18,19,20)/t13-/m1/s1. The first-order chi connectivity index (χ1) is 10.8. The fraction of sp³-hybridized carbons (Fsp3) is 0.312. The summed E-state index contributed by atoms with van der Waals surface area (Å²) < 4.78 is 4.29. The first kappa shape index (κ1) is 15.2. The number of thioether (sulfide) groups is 1. The average Bonchev–Trinajstić information content (AvgIpc) is 3.02. The number of benzene rings is 1. The van der Waals surface area contributed by atoms with Crippen molar-refractivity contribution in [1.82, 2.24) is 9.36 Å². The molecular weight excluding hydrogens is 314 g/mol. The number of carbonyl (C=O) groups excluding carboxylic acids is 1. The van der Waals surface area contributed by atoms with Crippen LogP contribution in [0.4, 0.5) is 5.13 Å². The lowest BCUT2D eigenvalue weighted by Gasteiger charge is -2.15. The summed E-state index contributed by atoms with van der Waals surface area (Å²) in [7, 11) is 0. The van der Waals surface area contributed by atoms with Gasteiger partial charge in [-0.15, -0.1) is 0 Å².